The van der Waals surface area contributed by atoms with E-state index < -0.39 is 21.8 Å². The molecule has 11 aromatic rings. The number of benzene rings is 9. The van der Waals surface area contributed by atoms with Crippen LogP contribution in [-0.4, -0.2) is 24.8 Å². The van der Waals surface area contributed by atoms with Crippen molar-refractivity contribution in [2.45, 2.75) is 13.7 Å². The minimum absolute atomic E-state index is 0.211. The van der Waals surface area contributed by atoms with Crippen LogP contribution in [0.25, 0.3) is 22.5 Å². The highest BCUT2D eigenvalue weighted by Crippen LogP contribution is 2.51. The minimum Gasteiger partial charge on any atom is -0.311 e. The highest BCUT2D eigenvalue weighted by Gasteiger charge is 2.56. The van der Waals surface area contributed by atoms with E-state index in [9.17, 15) is 0 Å². The maximum atomic E-state index is 8.48. The van der Waals surface area contributed by atoms with Crippen molar-refractivity contribution in [3.8, 4) is 22.5 Å². The standard InChI is InChI=1S/C66H48BN5Si/c1-45-37-39-68-54(41-45)52-29-15-17-31-56(52)71-58-33-19-35-62-65(58)67-64-60(71)43-49(70(47-21-7-3-8-22-47)48-23-9-4-10-24-48)44-61(64)72(57-32-18-16-30-53(57)55-42-46(2)38-40-69-55)59-34-20-36-63(66(59)67)73(62,50-25-11-5-12-26-50)51-27-13-6-14-28-51/h3-44H,1-2H3/i1D3,2D3. The second kappa shape index (κ2) is 17.1. The summed E-state index contributed by atoms with van der Waals surface area (Å²) in [6, 6.07) is 84.3. The van der Waals surface area contributed by atoms with Gasteiger partial charge in [-0.2, -0.15) is 0 Å². The molecule has 7 heteroatoms. The van der Waals surface area contributed by atoms with Gasteiger partial charge in [-0.25, -0.2) is 0 Å². The van der Waals surface area contributed by atoms with Gasteiger partial charge in [0.1, 0.15) is 0 Å². The van der Waals surface area contributed by atoms with E-state index in [4.69, 9.17) is 18.2 Å². The summed E-state index contributed by atoms with van der Waals surface area (Å²) in [5.74, 6) is 0. The first-order chi connectivity index (χ1) is 38.5. The molecule has 3 aliphatic rings. The van der Waals surface area contributed by atoms with E-state index in [0.717, 1.165) is 67.8 Å². The van der Waals surface area contributed by atoms with Crippen LogP contribution in [-0.2, 0) is 0 Å². The Balaban J connectivity index is 1.17. The molecule has 0 spiro atoms. The van der Waals surface area contributed by atoms with Crippen molar-refractivity contribution in [3.63, 3.8) is 0 Å². The molecule has 344 valence electrons. The molecule has 5 heterocycles. The predicted molar refractivity (Wildman–Crippen MR) is 308 cm³/mol. The normalized spacial score (nSPS) is 14.9. The van der Waals surface area contributed by atoms with E-state index in [2.05, 4.69) is 185 Å². The molecular weight excluding hydrogens is 902 g/mol. The van der Waals surface area contributed by atoms with Crippen LogP contribution < -0.4 is 51.8 Å². The molecule has 73 heavy (non-hydrogen) atoms. The van der Waals surface area contributed by atoms with Crippen LogP contribution >= 0.6 is 0 Å². The van der Waals surface area contributed by atoms with E-state index in [1.165, 1.54) is 31.7 Å². The SMILES string of the molecule is [2H]C([2H])([2H])c1ccnc(-c2ccccc2N2c3cc(N(c4ccccc4)c4ccccc4)cc4c3B3c5c2cccc5[Si](c2ccccc2)(c2ccccc2)c2cccc(c23)N4c2ccccc2-c2cc(C([2H])([2H])[2H])ccn2)c1. The lowest BCUT2D eigenvalue weighted by atomic mass is 9.33. The molecule has 3 aliphatic heterocycles. The van der Waals surface area contributed by atoms with Gasteiger partial charge in [0.05, 0.1) is 28.5 Å². The van der Waals surface area contributed by atoms with Gasteiger partial charge in [0.2, 0.25) is 0 Å². The van der Waals surface area contributed by atoms with Gasteiger partial charge in [-0.15, -0.1) is 0 Å². The largest absolute Gasteiger partial charge is 0.311 e. The highest BCUT2D eigenvalue weighted by atomic mass is 28.3. The second-order valence-corrected chi connectivity index (χ2v) is 22.6. The van der Waals surface area contributed by atoms with Crippen molar-refractivity contribution >= 4 is 103 Å². The van der Waals surface area contributed by atoms with Gasteiger partial charge >= 0.3 is 0 Å². The predicted octanol–water partition coefficient (Wildman–Crippen LogP) is 11.7. The summed E-state index contributed by atoms with van der Waals surface area (Å²) in [6.45, 7) is -4.97. The number of aromatic nitrogens is 2. The number of aryl methyl sites for hydroxylation is 2. The molecule has 14 rings (SSSR count). The lowest BCUT2D eigenvalue weighted by molar-refractivity contribution is 1.22. The number of hydrogen-bond donors (Lipinski definition) is 0. The molecule has 0 bridgehead atoms. The average molecular weight is 956 g/mol. The van der Waals surface area contributed by atoms with Crippen LogP contribution in [0.15, 0.2) is 255 Å². The van der Waals surface area contributed by atoms with Crippen LogP contribution in [0, 0.1) is 13.7 Å². The third-order valence-corrected chi connectivity index (χ3v) is 19.9. The summed E-state index contributed by atoms with van der Waals surface area (Å²) in [7, 11) is -3.26. The number of para-hydroxylation sites is 4. The van der Waals surface area contributed by atoms with Crippen molar-refractivity contribution in [1.29, 1.82) is 0 Å². The summed E-state index contributed by atoms with van der Waals surface area (Å²) in [6.07, 6.45) is 3.20. The van der Waals surface area contributed by atoms with Gasteiger partial charge in [0.15, 0.2) is 8.07 Å². The quantitative estimate of drug-likeness (QED) is 0.135. The molecule has 0 radical (unpaired) electrons. The molecule has 0 amide bonds. The first kappa shape index (κ1) is 36.8. The fraction of sp³-hybridized carbons (Fsp3) is 0.0303. The highest BCUT2D eigenvalue weighted by molar-refractivity contribution is 7.27. The fourth-order valence-corrected chi connectivity index (χ4v) is 17.5. The lowest BCUT2D eigenvalue weighted by Crippen LogP contribution is -2.88. The van der Waals surface area contributed by atoms with Gasteiger partial charge in [0, 0.05) is 65.9 Å². The Bertz CT molecular complexity index is 3900. The molecule has 0 atom stereocenters. The molecular formula is C66H48BN5Si. The average Bonchev–Trinajstić information content (AvgIpc) is 2.41. The summed E-state index contributed by atoms with van der Waals surface area (Å²) >= 11 is 0. The van der Waals surface area contributed by atoms with Crippen LogP contribution in [0.2, 0.25) is 0 Å². The zero-order valence-electron chi connectivity index (χ0n) is 45.6. The van der Waals surface area contributed by atoms with E-state index >= 15 is 0 Å². The van der Waals surface area contributed by atoms with E-state index in [1.54, 1.807) is 36.7 Å². The molecule has 0 unspecified atom stereocenters. The molecule has 0 saturated carbocycles. The van der Waals surface area contributed by atoms with Gasteiger partial charge in [-0.1, -0.05) is 158 Å². The molecule has 0 N–H and O–H groups in total. The van der Waals surface area contributed by atoms with E-state index in [0.29, 0.717) is 11.4 Å². The second-order valence-electron chi connectivity index (χ2n) is 18.9. The molecule has 0 aliphatic carbocycles. The Labute approximate surface area is 436 Å². The maximum Gasteiger partial charge on any atom is 0.251 e. The Morgan fingerprint density at radius 1 is 0.384 bits per heavy atom. The summed E-state index contributed by atoms with van der Waals surface area (Å²) < 4.78 is 50.9. The zero-order valence-corrected chi connectivity index (χ0v) is 40.6. The zero-order chi connectivity index (χ0) is 53.6. The smallest absolute Gasteiger partial charge is 0.251 e. The van der Waals surface area contributed by atoms with Crippen LogP contribution in [0.1, 0.15) is 19.4 Å². The Morgan fingerprint density at radius 3 is 1.25 bits per heavy atom. The first-order valence-corrected chi connectivity index (χ1v) is 26.7. The van der Waals surface area contributed by atoms with Gasteiger partial charge in [-0.3, -0.25) is 9.97 Å². The van der Waals surface area contributed by atoms with Crippen molar-refractivity contribution in [2.75, 3.05) is 14.7 Å². The number of nitrogens with zero attached hydrogens (tertiary/aromatic N) is 5. The van der Waals surface area contributed by atoms with Crippen LogP contribution in [0.5, 0.6) is 0 Å². The Hall–Kier alpha value is -9.04. The molecule has 0 fully saturated rings. The Morgan fingerprint density at radius 2 is 0.795 bits per heavy atom. The van der Waals surface area contributed by atoms with Gasteiger partial charge < -0.3 is 14.7 Å². The molecule has 2 aromatic heterocycles. The summed E-state index contributed by atoms with van der Waals surface area (Å²) in [5, 5.41) is 5.09. The number of pyridine rings is 2. The summed E-state index contributed by atoms with van der Waals surface area (Å²) in [4.78, 5) is 17.0. The van der Waals surface area contributed by atoms with E-state index in [-0.39, 0.29) is 17.8 Å². The molecule has 5 nitrogen and oxygen atoms in total. The third-order valence-electron chi connectivity index (χ3n) is 15.0. The first-order valence-electron chi connectivity index (χ1n) is 27.7. The van der Waals surface area contributed by atoms with Gasteiger partial charge in [-0.05, 0) is 147 Å². The third kappa shape index (κ3) is 6.55. The fourth-order valence-electron chi connectivity index (χ4n) is 12.2. The lowest BCUT2D eigenvalue weighted by Gasteiger charge is -2.52. The minimum atomic E-state index is -3.26. The monoisotopic (exact) mass is 955 g/mol. The molecule has 0 saturated heterocycles. The maximum absolute atomic E-state index is 8.48. The van der Waals surface area contributed by atoms with Gasteiger partial charge in [0.25, 0.3) is 6.71 Å². The van der Waals surface area contributed by atoms with Crippen molar-refractivity contribution in [2.24, 2.45) is 0 Å². The topological polar surface area (TPSA) is 35.5 Å². The van der Waals surface area contributed by atoms with E-state index in [1.807, 2.05) is 48.5 Å². The van der Waals surface area contributed by atoms with Crippen LogP contribution in [0.4, 0.5) is 51.2 Å². The van der Waals surface area contributed by atoms with Crippen molar-refractivity contribution in [1.82, 2.24) is 9.97 Å². The number of anilines is 9. The Kier molecular flexibility index (Phi) is 8.62. The van der Waals surface area contributed by atoms with Crippen molar-refractivity contribution < 1.29 is 8.22 Å². The number of rotatable bonds is 9. The van der Waals surface area contributed by atoms with Crippen LogP contribution in [0.3, 0.4) is 0 Å². The van der Waals surface area contributed by atoms with Crippen molar-refractivity contribution in [3.05, 3.63) is 266 Å². The molecule has 9 aromatic carbocycles. The summed E-state index contributed by atoms with van der Waals surface area (Å²) in [5.41, 5.74) is 15.0. The number of hydrogen-bond acceptors (Lipinski definition) is 5.